The van der Waals surface area contributed by atoms with Gasteiger partial charge in [0.15, 0.2) is 0 Å². The Hall–Kier alpha value is -3.15. The van der Waals surface area contributed by atoms with Crippen LogP contribution in [0.3, 0.4) is 0 Å². The number of rotatable bonds is 7. The number of nitrogens with one attached hydrogen (secondary N) is 1. The van der Waals surface area contributed by atoms with Crippen molar-refractivity contribution >= 4 is 5.91 Å². The van der Waals surface area contributed by atoms with Gasteiger partial charge in [-0.05, 0) is 48.7 Å². The first-order valence-electron chi connectivity index (χ1n) is 9.17. The van der Waals surface area contributed by atoms with Crippen LogP contribution in [0.4, 0.5) is 4.39 Å². The minimum absolute atomic E-state index is 0.184. The van der Waals surface area contributed by atoms with E-state index in [1.165, 1.54) is 12.1 Å². The van der Waals surface area contributed by atoms with E-state index in [-0.39, 0.29) is 24.8 Å². The minimum Gasteiger partial charge on any atom is -0.493 e. The Labute approximate surface area is 164 Å². The topological polar surface area (TPSA) is 56.1 Å². The van der Waals surface area contributed by atoms with E-state index in [2.05, 4.69) is 10.3 Å². The average molecular weight is 381 g/mol. The van der Waals surface area contributed by atoms with Crippen LogP contribution in [0.15, 0.2) is 54.9 Å². The number of amides is 1. The van der Waals surface area contributed by atoms with Crippen molar-refractivity contribution in [2.75, 3.05) is 6.61 Å². The van der Waals surface area contributed by atoms with E-state index in [1.807, 2.05) is 43.7 Å². The first-order chi connectivity index (χ1) is 13.5. The first kappa shape index (κ1) is 19.6. The summed E-state index contributed by atoms with van der Waals surface area (Å²) in [5, 5.41) is 2.95. The molecule has 1 unspecified atom stereocenters. The van der Waals surface area contributed by atoms with Gasteiger partial charge in [-0.15, -0.1) is 0 Å². The van der Waals surface area contributed by atoms with E-state index in [0.29, 0.717) is 11.4 Å². The van der Waals surface area contributed by atoms with Gasteiger partial charge in [0.25, 0.3) is 0 Å². The van der Waals surface area contributed by atoms with Crippen LogP contribution in [0, 0.1) is 19.7 Å². The highest BCUT2D eigenvalue weighted by atomic mass is 19.1. The van der Waals surface area contributed by atoms with Gasteiger partial charge < -0.3 is 14.6 Å². The summed E-state index contributed by atoms with van der Waals surface area (Å²) in [5.74, 6) is 0.861. The molecule has 0 aliphatic heterocycles. The monoisotopic (exact) mass is 381 g/mol. The highest BCUT2D eigenvalue weighted by molar-refractivity contribution is 5.77. The molecule has 0 saturated carbocycles. The second-order valence-electron chi connectivity index (χ2n) is 6.75. The van der Waals surface area contributed by atoms with Gasteiger partial charge in [0, 0.05) is 19.4 Å². The summed E-state index contributed by atoms with van der Waals surface area (Å²) in [5.41, 5.74) is 2.84. The molecule has 3 rings (SSSR count). The van der Waals surface area contributed by atoms with Crippen molar-refractivity contribution in [3.8, 4) is 5.75 Å². The maximum Gasteiger partial charge on any atom is 0.224 e. The summed E-state index contributed by atoms with van der Waals surface area (Å²) in [7, 11) is 1.84. The number of imidazole rings is 1. The number of aromatic nitrogens is 2. The smallest absolute Gasteiger partial charge is 0.224 e. The Morgan fingerprint density at radius 1 is 1.25 bits per heavy atom. The standard InChI is InChI=1S/C22H24FN3O2/c1-15-6-4-9-19(16(15)2)28-13-10-20(27)25-21(22-24-11-12-26(22)3)17-7-5-8-18(23)14-17/h4-9,11-12,14,21H,10,13H2,1-3H3,(H,25,27). The highest BCUT2D eigenvalue weighted by Gasteiger charge is 2.21. The van der Waals surface area contributed by atoms with Crippen LogP contribution in [0.2, 0.25) is 0 Å². The van der Waals surface area contributed by atoms with Crippen LogP contribution < -0.4 is 10.1 Å². The van der Waals surface area contributed by atoms with Gasteiger partial charge in [0.2, 0.25) is 5.91 Å². The van der Waals surface area contributed by atoms with E-state index in [0.717, 1.165) is 16.9 Å². The first-order valence-corrected chi connectivity index (χ1v) is 9.17. The van der Waals surface area contributed by atoms with Gasteiger partial charge in [0.1, 0.15) is 23.4 Å². The number of nitrogens with zero attached hydrogens (tertiary/aromatic N) is 2. The van der Waals surface area contributed by atoms with E-state index < -0.39 is 6.04 Å². The number of carbonyl (C=O) groups excluding carboxylic acids is 1. The second kappa shape index (κ2) is 8.69. The summed E-state index contributed by atoms with van der Waals surface area (Å²) in [4.78, 5) is 16.9. The number of halogens is 1. The van der Waals surface area contributed by atoms with Crippen LogP contribution >= 0.6 is 0 Å². The van der Waals surface area contributed by atoms with E-state index in [4.69, 9.17) is 4.74 Å². The molecule has 0 fully saturated rings. The summed E-state index contributed by atoms with van der Waals surface area (Å²) in [6.07, 6.45) is 3.62. The molecule has 0 saturated heterocycles. The number of hydrogen-bond acceptors (Lipinski definition) is 3. The van der Waals surface area contributed by atoms with Gasteiger partial charge >= 0.3 is 0 Å². The van der Waals surface area contributed by atoms with Gasteiger partial charge in [-0.2, -0.15) is 0 Å². The van der Waals surface area contributed by atoms with Crippen LogP contribution in [-0.4, -0.2) is 22.1 Å². The largest absolute Gasteiger partial charge is 0.493 e. The van der Waals surface area contributed by atoms with Crippen molar-refractivity contribution in [2.45, 2.75) is 26.3 Å². The molecular weight excluding hydrogens is 357 g/mol. The molecule has 2 aromatic carbocycles. The summed E-state index contributed by atoms with van der Waals surface area (Å²) < 4.78 is 21.3. The molecule has 0 aliphatic carbocycles. The molecule has 1 N–H and O–H groups in total. The zero-order chi connectivity index (χ0) is 20.1. The van der Waals surface area contributed by atoms with E-state index >= 15 is 0 Å². The fourth-order valence-electron chi connectivity index (χ4n) is 3.01. The Balaban J connectivity index is 1.68. The molecule has 0 spiro atoms. The molecule has 1 aromatic heterocycles. The molecule has 28 heavy (non-hydrogen) atoms. The highest BCUT2D eigenvalue weighted by Crippen LogP contribution is 2.22. The Morgan fingerprint density at radius 3 is 2.75 bits per heavy atom. The molecule has 1 atom stereocenters. The predicted octanol–water partition coefficient (Wildman–Crippen LogP) is 3.85. The van der Waals surface area contributed by atoms with Gasteiger partial charge in [-0.3, -0.25) is 4.79 Å². The predicted molar refractivity (Wildman–Crippen MR) is 106 cm³/mol. The normalized spacial score (nSPS) is 11.9. The lowest BCUT2D eigenvalue weighted by molar-refractivity contribution is -0.122. The molecule has 0 radical (unpaired) electrons. The van der Waals surface area contributed by atoms with Crippen molar-refractivity contribution < 1.29 is 13.9 Å². The lowest BCUT2D eigenvalue weighted by atomic mass is 10.1. The third kappa shape index (κ3) is 4.57. The molecule has 6 heteroatoms. The zero-order valence-corrected chi connectivity index (χ0v) is 16.3. The van der Waals surface area contributed by atoms with Gasteiger partial charge in [-0.25, -0.2) is 9.37 Å². The number of aryl methyl sites for hydroxylation is 2. The van der Waals surface area contributed by atoms with Crippen LogP contribution in [0.25, 0.3) is 0 Å². The van der Waals surface area contributed by atoms with E-state index in [1.54, 1.807) is 24.5 Å². The quantitative estimate of drug-likeness (QED) is 0.676. The number of carbonyl (C=O) groups is 1. The van der Waals surface area contributed by atoms with E-state index in [9.17, 15) is 9.18 Å². The molecule has 3 aromatic rings. The van der Waals surface area contributed by atoms with Crippen LogP contribution in [0.1, 0.15) is 35.0 Å². The summed E-state index contributed by atoms with van der Waals surface area (Å²) in [6, 6.07) is 11.5. The zero-order valence-electron chi connectivity index (χ0n) is 16.3. The molecule has 0 bridgehead atoms. The Morgan fingerprint density at radius 2 is 2.04 bits per heavy atom. The van der Waals surface area contributed by atoms with Crippen molar-refractivity contribution in [1.29, 1.82) is 0 Å². The van der Waals surface area contributed by atoms with Crippen molar-refractivity contribution in [1.82, 2.24) is 14.9 Å². The number of hydrogen-bond donors (Lipinski definition) is 1. The molecule has 146 valence electrons. The lowest BCUT2D eigenvalue weighted by Crippen LogP contribution is -2.32. The third-order valence-corrected chi connectivity index (χ3v) is 4.75. The Bertz CT molecular complexity index is 968. The van der Waals surface area contributed by atoms with Gasteiger partial charge in [0.05, 0.1) is 13.0 Å². The van der Waals surface area contributed by atoms with Crippen molar-refractivity contribution in [3.63, 3.8) is 0 Å². The molecule has 1 heterocycles. The maximum atomic E-state index is 13.7. The van der Waals surface area contributed by atoms with Crippen LogP contribution in [0.5, 0.6) is 5.75 Å². The van der Waals surface area contributed by atoms with Crippen LogP contribution in [-0.2, 0) is 11.8 Å². The fraction of sp³-hybridized carbons (Fsp3) is 0.273. The average Bonchev–Trinajstić information content (AvgIpc) is 3.09. The molecule has 1 amide bonds. The molecule has 0 aliphatic rings. The summed E-state index contributed by atoms with van der Waals surface area (Å²) >= 11 is 0. The minimum atomic E-state index is -0.538. The Kier molecular flexibility index (Phi) is 6.09. The fourth-order valence-corrected chi connectivity index (χ4v) is 3.01. The number of ether oxygens (including phenoxy) is 1. The number of benzene rings is 2. The SMILES string of the molecule is Cc1cccc(OCCC(=O)NC(c2cccc(F)c2)c2nccn2C)c1C. The maximum absolute atomic E-state index is 13.7. The summed E-state index contributed by atoms with van der Waals surface area (Å²) in [6.45, 7) is 4.27. The third-order valence-electron chi connectivity index (χ3n) is 4.75. The van der Waals surface area contributed by atoms with Gasteiger partial charge in [-0.1, -0.05) is 24.3 Å². The molecular formula is C22H24FN3O2. The van der Waals surface area contributed by atoms with Crippen molar-refractivity contribution in [3.05, 3.63) is 83.2 Å². The second-order valence-corrected chi connectivity index (χ2v) is 6.75. The molecule has 5 nitrogen and oxygen atoms in total. The van der Waals surface area contributed by atoms with Crippen molar-refractivity contribution in [2.24, 2.45) is 7.05 Å². The lowest BCUT2D eigenvalue weighted by Gasteiger charge is -2.19.